The number of aliphatic hydroxyl groups excluding tert-OH is 1. The van der Waals surface area contributed by atoms with Gasteiger partial charge in [0.1, 0.15) is 23.7 Å². The maximum Gasteiger partial charge on any atom is 0.168 e. The Morgan fingerprint density at radius 3 is 2.80 bits per heavy atom. The molecule has 3 rings (SSSR count). The number of allylic oxidation sites excluding steroid dienone is 2. The number of hydrogen-bond donors (Lipinski definition) is 1. The van der Waals surface area contributed by atoms with Crippen molar-refractivity contribution in [2.75, 3.05) is 6.61 Å². The van der Waals surface area contributed by atoms with E-state index in [1.54, 1.807) is 0 Å². The minimum atomic E-state index is -0.154. The van der Waals surface area contributed by atoms with Gasteiger partial charge < -0.3 is 14.4 Å². The van der Waals surface area contributed by atoms with Gasteiger partial charge in [-0.15, -0.1) is 0 Å². The van der Waals surface area contributed by atoms with Crippen LogP contribution < -0.4 is 0 Å². The van der Waals surface area contributed by atoms with Crippen LogP contribution in [0.25, 0.3) is 11.0 Å². The molecule has 0 saturated carbocycles. The zero-order valence-electron chi connectivity index (χ0n) is 14.6. The quantitative estimate of drug-likeness (QED) is 0.600. The summed E-state index contributed by atoms with van der Waals surface area (Å²) >= 11 is 0. The molecule has 1 heterocycles. The highest BCUT2D eigenvalue weighted by Crippen LogP contribution is 2.37. The maximum absolute atomic E-state index is 12.7. The summed E-state index contributed by atoms with van der Waals surface area (Å²) in [5, 5.41) is 15.6. The summed E-state index contributed by atoms with van der Waals surface area (Å²) in [5.41, 5.74) is 1.65. The highest BCUT2D eigenvalue weighted by Gasteiger charge is 2.33. The fourth-order valence-electron chi connectivity index (χ4n) is 3.22. The van der Waals surface area contributed by atoms with Gasteiger partial charge in [-0.25, -0.2) is 0 Å². The molecule has 5 heteroatoms. The number of nitrogens with zero attached hydrogens (tertiary/aromatic N) is 1. The van der Waals surface area contributed by atoms with Crippen molar-refractivity contribution in [1.29, 1.82) is 0 Å². The summed E-state index contributed by atoms with van der Waals surface area (Å²) in [6, 6.07) is 9.69. The number of para-hydroxylation sites is 1. The highest BCUT2D eigenvalue weighted by atomic mass is 16.6. The Bertz CT molecular complexity index is 798. The smallest absolute Gasteiger partial charge is 0.168 e. The Morgan fingerprint density at radius 2 is 2.12 bits per heavy atom. The number of oxime groups is 1. The molecule has 1 aromatic carbocycles. The number of hydrogen-bond acceptors (Lipinski definition) is 5. The molecule has 0 saturated heterocycles. The third-order valence-corrected chi connectivity index (χ3v) is 4.37. The standard InChI is InChI=1S/C20H23NO4/c1-3-7-15(21-24-4-2)20-16(22)10-14(11-17(20)23)19-12-13-8-5-6-9-18(13)25-19/h5-6,8-9,12,14,22H,3-4,7,10-11H2,1-2H3. The van der Waals surface area contributed by atoms with Gasteiger partial charge in [0.15, 0.2) is 5.78 Å². The van der Waals surface area contributed by atoms with Gasteiger partial charge in [0.2, 0.25) is 0 Å². The second-order valence-corrected chi connectivity index (χ2v) is 6.24. The van der Waals surface area contributed by atoms with Crippen molar-refractivity contribution in [3.8, 4) is 0 Å². The zero-order chi connectivity index (χ0) is 17.8. The lowest BCUT2D eigenvalue weighted by Crippen LogP contribution is -2.24. The van der Waals surface area contributed by atoms with Crippen molar-refractivity contribution in [2.24, 2.45) is 5.16 Å². The number of furan rings is 1. The van der Waals surface area contributed by atoms with E-state index in [-0.39, 0.29) is 17.5 Å². The summed E-state index contributed by atoms with van der Waals surface area (Å²) < 4.78 is 5.87. The van der Waals surface area contributed by atoms with Gasteiger partial charge >= 0.3 is 0 Å². The van der Waals surface area contributed by atoms with Crippen LogP contribution in [0, 0.1) is 0 Å². The maximum atomic E-state index is 12.7. The van der Waals surface area contributed by atoms with E-state index in [0.717, 1.165) is 23.2 Å². The van der Waals surface area contributed by atoms with Crippen molar-refractivity contribution < 1.29 is 19.2 Å². The first kappa shape index (κ1) is 17.3. The lowest BCUT2D eigenvalue weighted by atomic mass is 9.83. The lowest BCUT2D eigenvalue weighted by Gasteiger charge is -2.22. The monoisotopic (exact) mass is 341 g/mol. The average Bonchev–Trinajstić information content (AvgIpc) is 3.03. The van der Waals surface area contributed by atoms with Crippen LogP contribution in [0.2, 0.25) is 0 Å². The number of Topliss-reactive ketones (excluding diaryl/α,β-unsaturated/α-hetero) is 1. The third-order valence-electron chi connectivity index (χ3n) is 4.37. The summed E-state index contributed by atoms with van der Waals surface area (Å²) in [4.78, 5) is 17.8. The van der Waals surface area contributed by atoms with E-state index in [1.807, 2.05) is 44.2 Å². The SMILES string of the molecule is CCCC(=NOCC)C1=C(O)CC(c2cc3ccccc3o2)CC1=O. The molecule has 0 spiro atoms. The van der Waals surface area contributed by atoms with Crippen LogP contribution in [-0.2, 0) is 9.63 Å². The van der Waals surface area contributed by atoms with Crippen LogP contribution in [0.4, 0.5) is 0 Å². The first-order chi connectivity index (χ1) is 12.1. The van der Waals surface area contributed by atoms with Gasteiger partial charge in [0, 0.05) is 24.1 Å². The van der Waals surface area contributed by atoms with Crippen molar-refractivity contribution >= 4 is 22.5 Å². The predicted molar refractivity (Wildman–Crippen MR) is 96.8 cm³/mol. The molecule has 0 radical (unpaired) electrons. The van der Waals surface area contributed by atoms with Crippen LogP contribution in [-0.4, -0.2) is 23.2 Å². The molecule has 1 atom stereocenters. The zero-order valence-corrected chi connectivity index (χ0v) is 14.6. The van der Waals surface area contributed by atoms with Crippen LogP contribution in [0.1, 0.15) is 51.2 Å². The van der Waals surface area contributed by atoms with Gasteiger partial charge in [-0.2, -0.15) is 0 Å². The van der Waals surface area contributed by atoms with Gasteiger partial charge in [-0.05, 0) is 25.5 Å². The second-order valence-electron chi connectivity index (χ2n) is 6.24. The van der Waals surface area contributed by atoms with E-state index in [4.69, 9.17) is 9.25 Å². The molecule has 1 aliphatic carbocycles. The Kier molecular flexibility index (Phi) is 5.22. The van der Waals surface area contributed by atoms with E-state index in [0.29, 0.717) is 37.2 Å². The molecule has 1 aliphatic rings. The number of carbonyl (C=O) groups is 1. The first-order valence-electron chi connectivity index (χ1n) is 8.77. The number of ketones is 1. The minimum absolute atomic E-state index is 0.0774. The van der Waals surface area contributed by atoms with E-state index in [9.17, 15) is 9.90 Å². The van der Waals surface area contributed by atoms with Crippen molar-refractivity contribution in [3.05, 3.63) is 47.4 Å². The number of rotatable bonds is 6. The Balaban J connectivity index is 1.89. The number of benzene rings is 1. The van der Waals surface area contributed by atoms with Crippen LogP contribution in [0.15, 0.2) is 51.2 Å². The van der Waals surface area contributed by atoms with Gasteiger partial charge in [0.25, 0.3) is 0 Å². The normalized spacial score (nSPS) is 18.9. The van der Waals surface area contributed by atoms with Crippen molar-refractivity contribution in [3.63, 3.8) is 0 Å². The first-order valence-corrected chi connectivity index (χ1v) is 8.77. The molecule has 132 valence electrons. The molecular formula is C20H23NO4. The van der Waals surface area contributed by atoms with Gasteiger partial charge in [-0.3, -0.25) is 4.79 Å². The van der Waals surface area contributed by atoms with E-state index in [1.165, 1.54) is 0 Å². The molecule has 2 aromatic rings. The average molecular weight is 341 g/mol. The lowest BCUT2D eigenvalue weighted by molar-refractivity contribution is -0.116. The second kappa shape index (κ2) is 7.55. The minimum Gasteiger partial charge on any atom is -0.511 e. The Morgan fingerprint density at radius 1 is 1.32 bits per heavy atom. The van der Waals surface area contributed by atoms with E-state index in [2.05, 4.69) is 5.16 Å². The largest absolute Gasteiger partial charge is 0.511 e. The molecule has 1 unspecified atom stereocenters. The van der Waals surface area contributed by atoms with E-state index >= 15 is 0 Å². The number of fused-ring (bicyclic) bond motifs is 1. The van der Waals surface area contributed by atoms with Crippen LogP contribution in [0.3, 0.4) is 0 Å². The molecule has 1 aromatic heterocycles. The molecular weight excluding hydrogens is 318 g/mol. The summed E-state index contributed by atoms with van der Waals surface area (Å²) in [5.74, 6) is 0.548. The molecule has 1 N–H and O–H groups in total. The van der Waals surface area contributed by atoms with Gasteiger partial charge in [-0.1, -0.05) is 36.7 Å². The van der Waals surface area contributed by atoms with Crippen molar-refractivity contribution in [1.82, 2.24) is 0 Å². The van der Waals surface area contributed by atoms with Crippen LogP contribution in [0.5, 0.6) is 0 Å². The summed E-state index contributed by atoms with van der Waals surface area (Å²) in [6.07, 6.45) is 2.09. The summed E-state index contributed by atoms with van der Waals surface area (Å²) in [6.45, 7) is 4.27. The fourth-order valence-corrected chi connectivity index (χ4v) is 3.22. The molecule has 0 fully saturated rings. The highest BCUT2D eigenvalue weighted by molar-refractivity contribution is 6.23. The molecule has 0 amide bonds. The molecule has 5 nitrogen and oxygen atoms in total. The van der Waals surface area contributed by atoms with Crippen LogP contribution >= 0.6 is 0 Å². The Labute approximate surface area is 147 Å². The Hall–Kier alpha value is -2.56. The fraction of sp³-hybridized carbons (Fsp3) is 0.400. The van der Waals surface area contributed by atoms with E-state index < -0.39 is 0 Å². The molecule has 0 bridgehead atoms. The van der Waals surface area contributed by atoms with Gasteiger partial charge in [0.05, 0.1) is 11.3 Å². The third kappa shape index (κ3) is 3.60. The number of carbonyl (C=O) groups excluding carboxylic acids is 1. The molecule has 25 heavy (non-hydrogen) atoms. The van der Waals surface area contributed by atoms with Crippen molar-refractivity contribution in [2.45, 2.75) is 45.4 Å². The predicted octanol–water partition coefficient (Wildman–Crippen LogP) is 4.88. The topological polar surface area (TPSA) is 72.0 Å². The molecule has 0 aliphatic heterocycles. The summed E-state index contributed by atoms with van der Waals surface area (Å²) in [7, 11) is 0. The number of aliphatic hydroxyl groups is 1.